The van der Waals surface area contributed by atoms with E-state index in [0.717, 1.165) is 38.5 Å². The van der Waals surface area contributed by atoms with Gasteiger partial charge in [-0.05, 0) is 32.6 Å². The van der Waals surface area contributed by atoms with Gasteiger partial charge in [-0.25, -0.2) is 0 Å². The van der Waals surface area contributed by atoms with Crippen LogP contribution in [0.25, 0.3) is 0 Å². The molecule has 2 amide bonds. The normalized spacial score (nSPS) is 35.4. The summed E-state index contributed by atoms with van der Waals surface area (Å²) in [6.07, 6.45) is 5.53. The number of hydrogen-bond donors (Lipinski definition) is 1. The minimum absolute atomic E-state index is 0.0725. The molecule has 1 aliphatic carbocycles. The van der Waals surface area contributed by atoms with Crippen molar-refractivity contribution in [1.29, 1.82) is 0 Å². The van der Waals surface area contributed by atoms with E-state index in [1.165, 1.54) is 0 Å². The van der Waals surface area contributed by atoms with Crippen molar-refractivity contribution in [3.05, 3.63) is 0 Å². The number of nitrogens with zero attached hydrogens (tertiary/aromatic N) is 2. The molecule has 3 atom stereocenters. The first-order chi connectivity index (χ1) is 11.0. The Bertz CT molecular complexity index is 452. The van der Waals surface area contributed by atoms with Gasteiger partial charge in [0.05, 0.1) is 5.92 Å². The highest BCUT2D eigenvalue weighted by molar-refractivity contribution is 5.83. The van der Waals surface area contributed by atoms with Crippen molar-refractivity contribution in [1.82, 2.24) is 9.80 Å². The van der Waals surface area contributed by atoms with E-state index in [0.29, 0.717) is 32.8 Å². The van der Waals surface area contributed by atoms with E-state index < -0.39 is 0 Å². The van der Waals surface area contributed by atoms with Crippen LogP contribution in [0.5, 0.6) is 0 Å². The molecule has 3 aliphatic rings. The highest BCUT2D eigenvalue weighted by Crippen LogP contribution is 2.33. The first-order valence-electron chi connectivity index (χ1n) is 8.97. The molecule has 130 valence electrons. The average Bonchev–Trinajstić information content (AvgIpc) is 3.08. The van der Waals surface area contributed by atoms with Gasteiger partial charge >= 0.3 is 0 Å². The lowest BCUT2D eigenvalue weighted by Gasteiger charge is -2.42. The predicted octanol–water partition coefficient (Wildman–Crippen LogP) is 0.744. The Morgan fingerprint density at radius 3 is 2.22 bits per heavy atom. The molecule has 0 radical (unpaired) electrons. The van der Waals surface area contributed by atoms with Crippen LogP contribution in [0.15, 0.2) is 0 Å². The number of amides is 2. The molecule has 0 aromatic carbocycles. The third kappa shape index (κ3) is 3.53. The average molecular weight is 323 g/mol. The maximum absolute atomic E-state index is 12.8. The summed E-state index contributed by atoms with van der Waals surface area (Å²) in [5.41, 5.74) is 5.97. The quantitative estimate of drug-likeness (QED) is 0.813. The molecule has 0 bridgehead atoms. The lowest BCUT2D eigenvalue weighted by Crippen LogP contribution is -2.58. The Hall–Kier alpha value is -1.14. The Balaban J connectivity index is 1.54. The molecule has 3 fully saturated rings. The van der Waals surface area contributed by atoms with Gasteiger partial charge in [0, 0.05) is 38.3 Å². The third-order valence-electron chi connectivity index (χ3n) is 5.66. The van der Waals surface area contributed by atoms with Crippen molar-refractivity contribution in [3.63, 3.8) is 0 Å². The van der Waals surface area contributed by atoms with Crippen LogP contribution in [0.2, 0.25) is 0 Å². The highest BCUT2D eigenvalue weighted by atomic mass is 16.5. The van der Waals surface area contributed by atoms with E-state index in [1.807, 2.05) is 16.7 Å². The predicted molar refractivity (Wildman–Crippen MR) is 86.7 cm³/mol. The second kappa shape index (κ2) is 6.77. The first-order valence-corrected chi connectivity index (χ1v) is 8.97. The molecule has 2 aliphatic heterocycles. The molecular weight excluding hydrogens is 294 g/mol. The number of rotatable bonds is 2. The summed E-state index contributed by atoms with van der Waals surface area (Å²) in [5, 5.41) is 0. The molecular formula is C17H29N3O3. The fourth-order valence-electron chi connectivity index (χ4n) is 4.11. The number of piperazine rings is 1. The monoisotopic (exact) mass is 323 g/mol. The second-order valence-electron chi connectivity index (χ2n) is 7.46. The molecule has 2 N–H and O–H groups in total. The fourth-order valence-corrected chi connectivity index (χ4v) is 4.11. The first kappa shape index (κ1) is 16.7. The zero-order valence-electron chi connectivity index (χ0n) is 14.1. The van der Waals surface area contributed by atoms with E-state index >= 15 is 0 Å². The van der Waals surface area contributed by atoms with Gasteiger partial charge in [-0.15, -0.1) is 0 Å². The van der Waals surface area contributed by atoms with Gasteiger partial charge in [0.15, 0.2) is 0 Å². The van der Waals surface area contributed by atoms with Crippen LogP contribution in [0.1, 0.15) is 45.4 Å². The number of carbonyl (C=O) groups is 2. The molecule has 0 spiro atoms. The summed E-state index contributed by atoms with van der Waals surface area (Å²) < 4.78 is 5.48. The van der Waals surface area contributed by atoms with Crippen molar-refractivity contribution >= 4 is 11.8 Å². The summed E-state index contributed by atoms with van der Waals surface area (Å²) in [4.78, 5) is 28.9. The van der Waals surface area contributed by atoms with Crippen LogP contribution >= 0.6 is 0 Å². The highest BCUT2D eigenvalue weighted by Gasteiger charge is 2.41. The summed E-state index contributed by atoms with van der Waals surface area (Å²) in [5.74, 6) is 0.200. The van der Waals surface area contributed by atoms with E-state index in [9.17, 15) is 9.59 Å². The molecule has 2 heterocycles. The summed E-state index contributed by atoms with van der Waals surface area (Å²) in [7, 11) is 0. The minimum Gasteiger partial charge on any atom is -0.368 e. The lowest BCUT2D eigenvalue weighted by molar-refractivity contribution is -0.148. The molecule has 0 aromatic heterocycles. The zero-order chi connectivity index (χ0) is 16.4. The van der Waals surface area contributed by atoms with Crippen molar-refractivity contribution in [2.75, 3.05) is 32.8 Å². The van der Waals surface area contributed by atoms with Gasteiger partial charge in [0.25, 0.3) is 5.91 Å². The van der Waals surface area contributed by atoms with Crippen LogP contribution in [-0.2, 0) is 14.3 Å². The van der Waals surface area contributed by atoms with Crippen LogP contribution in [0, 0.1) is 5.92 Å². The van der Waals surface area contributed by atoms with Crippen molar-refractivity contribution in [2.45, 2.75) is 57.1 Å². The van der Waals surface area contributed by atoms with Crippen LogP contribution in [0.3, 0.4) is 0 Å². The molecule has 1 saturated carbocycles. The fraction of sp³-hybridized carbons (Fsp3) is 0.882. The zero-order valence-corrected chi connectivity index (χ0v) is 14.1. The number of carbonyl (C=O) groups excluding carboxylic acids is 2. The Morgan fingerprint density at radius 1 is 1.00 bits per heavy atom. The summed E-state index contributed by atoms with van der Waals surface area (Å²) in [6, 6.07) is 0. The lowest BCUT2D eigenvalue weighted by atomic mass is 9.74. The van der Waals surface area contributed by atoms with Crippen LogP contribution in [-0.4, -0.2) is 66.0 Å². The van der Waals surface area contributed by atoms with Crippen LogP contribution in [0.4, 0.5) is 0 Å². The van der Waals surface area contributed by atoms with E-state index in [2.05, 4.69) is 0 Å². The number of ether oxygens (including phenoxy) is 1. The van der Waals surface area contributed by atoms with Gasteiger partial charge in [0.1, 0.15) is 6.10 Å². The van der Waals surface area contributed by atoms with Gasteiger partial charge in [-0.2, -0.15) is 0 Å². The smallest absolute Gasteiger partial charge is 0.251 e. The van der Waals surface area contributed by atoms with Gasteiger partial charge in [0.2, 0.25) is 5.91 Å². The minimum atomic E-state index is -0.389. The molecule has 6 nitrogen and oxygen atoms in total. The third-order valence-corrected chi connectivity index (χ3v) is 5.66. The second-order valence-corrected chi connectivity index (χ2v) is 7.46. The molecule has 0 aromatic rings. The van der Waals surface area contributed by atoms with Gasteiger partial charge in [-0.1, -0.05) is 12.8 Å². The SMILES string of the molecule is CC1(N)CCCCC1C(=O)N1CCN(C(=O)C2CCCO2)CC1. The van der Waals surface area contributed by atoms with Gasteiger partial charge < -0.3 is 20.3 Å². The molecule has 6 heteroatoms. The summed E-state index contributed by atoms with van der Waals surface area (Å²) >= 11 is 0. The number of nitrogens with two attached hydrogens (primary N) is 1. The van der Waals surface area contributed by atoms with E-state index in [-0.39, 0.29) is 29.4 Å². The number of hydrogen-bond acceptors (Lipinski definition) is 4. The van der Waals surface area contributed by atoms with Crippen molar-refractivity contribution in [2.24, 2.45) is 11.7 Å². The maximum Gasteiger partial charge on any atom is 0.251 e. The maximum atomic E-state index is 12.8. The van der Waals surface area contributed by atoms with Crippen molar-refractivity contribution in [3.8, 4) is 0 Å². The van der Waals surface area contributed by atoms with Crippen molar-refractivity contribution < 1.29 is 14.3 Å². The largest absolute Gasteiger partial charge is 0.368 e. The Morgan fingerprint density at radius 2 is 1.65 bits per heavy atom. The Kier molecular flexibility index (Phi) is 4.92. The summed E-state index contributed by atoms with van der Waals surface area (Å²) in [6.45, 7) is 5.14. The molecule has 3 unspecified atom stereocenters. The van der Waals surface area contributed by atoms with Crippen LogP contribution < -0.4 is 5.73 Å². The van der Waals surface area contributed by atoms with E-state index in [4.69, 9.17) is 10.5 Å². The standard InChI is InChI=1S/C17H29N3O3/c1-17(18)7-3-2-5-13(17)15(21)19-8-10-20(11-9-19)16(22)14-6-4-12-23-14/h13-14H,2-12,18H2,1H3. The van der Waals surface area contributed by atoms with Gasteiger partial charge in [-0.3, -0.25) is 9.59 Å². The Labute approximate surface area is 138 Å². The molecule has 3 rings (SSSR count). The molecule has 23 heavy (non-hydrogen) atoms. The topological polar surface area (TPSA) is 75.9 Å². The van der Waals surface area contributed by atoms with E-state index in [1.54, 1.807) is 0 Å². The molecule has 2 saturated heterocycles.